The molecular weight excluding hydrogens is 366 g/mol. The van der Waals surface area contributed by atoms with Crippen molar-refractivity contribution in [2.24, 2.45) is 0 Å². The number of methoxy groups -OCH3 is 1. The van der Waals surface area contributed by atoms with Crippen molar-refractivity contribution in [2.45, 2.75) is 13.0 Å². The molecule has 0 aliphatic heterocycles. The van der Waals surface area contributed by atoms with E-state index in [4.69, 9.17) is 9.47 Å². The molecule has 3 rings (SSSR count). The van der Waals surface area contributed by atoms with E-state index in [0.29, 0.717) is 0 Å². The summed E-state index contributed by atoms with van der Waals surface area (Å²) >= 11 is 0. The lowest BCUT2D eigenvalue weighted by atomic mass is 10.00. The van der Waals surface area contributed by atoms with Crippen molar-refractivity contribution in [3.8, 4) is 5.75 Å². The Hall–Kier alpha value is -3.60. The van der Waals surface area contributed by atoms with Crippen molar-refractivity contribution in [1.82, 2.24) is 5.32 Å². The largest absolute Gasteiger partial charge is 0.497 e. The number of hydrogen-bond acceptors (Lipinski definition) is 4. The van der Waals surface area contributed by atoms with Gasteiger partial charge in [-0.3, -0.25) is 4.79 Å². The van der Waals surface area contributed by atoms with E-state index in [1.165, 1.54) is 6.08 Å². The molecule has 1 atom stereocenters. The topological polar surface area (TPSA) is 64.6 Å². The number of nitrogens with one attached hydrogen (secondary N) is 1. The molecule has 0 heterocycles. The summed E-state index contributed by atoms with van der Waals surface area (Å²) in [6.07, 6.45) is 2.92. The molecule has 5 heteroatoms. The molecule has 0 bridgehead atoms. The fourth-order valence-electron chi connectivity index (χ4n) is 3.05. The van der Waals surface area contributed by atoms with Gasteiger partial charge < -0.3 is 14.8 Å². The summed E-state index contributed by atoms with van der Waals surface area (Å²) in [6, 6.07) is 21.0. The number of fused-ring (bicyclic) bond motifs is 1. The molecule has 0 aliphatic rings. The Bertz CT molecular complexity index is 1020. The summed E-state index contributed by atoms with van der Waals surface area (Å²) in [5.74, 6) is -0.188. The minimum absolute atomic E-state index is 0.206. The summed E-state index contributed by atoms with van der Waals surface area (Å²) in [6.45, 7) is 1.58. The van der Waals surface area contributed by atoms with Gasteiger partial charge in [-0.1, -0.05) is 54.6 Å². The zero-order valence-corrected chi connectivity index (χ0v) is 16.4. The molecule has 1 N–H and O–H groups in total. The van der Waals surface area contributed by atoms with Crippen LogP contribution in [0.1, 0.15) is 24.1 Å². The highest BCUT2D eigenvalue weighted by Crippen LogP contribution is 2.23. The molecule has 3 aromatic rings. The van der Waals surface area contributed by atoms with Gasteiger partial charge in [0.2, 0.25) is 0 Å². The monoisotopic (exact) mass is 389 g/mol. The molecule has 0 aromatic heterocycles. The molecule has 148 valence electrons. The zero-order chi connectivity index (χ0) is 20.6. The van der Waals surface area contributed by atoms with Crippen molar-refractivity contribution in [1.29, 1.82) is 0 Å². The van der Waals surface area contributed by atoms with E-state index in [-0.39, 0.29) is 18.6 Å². The molecule has 0 spiro atoms. The van der Waals surface area contributed by atoms with Gasteiger partial charge >= 0.3 is 5.97 Å². The van der Waals surface area contributed by atoms with Crippen LogP contribution in [0.5, 0.6) is 5.75 Å². The number of esters is 1. The van der Waals surface area contributed by atoms with E-state index in [2.05, 4.69) is 5.32 Å². The molecular formula is C24H23NO4. The van der Waals surface area contributed by atoms with Crippen LogP contribution in [-0.4, -0.2) is 25.6 Å². The van der Waals surface area contributed by atoms with E-state index in [1.54, 1.807) is 25.3 Å². The SMILES string of the molecule is COc1ccc(/C=C/C(=O)OCC(=O)N[C@H](C)c2cccc3ccccc23)cc1. The Labute approximate surface area is 170 Å². The van der Waals surface area contributed by atoms with E-state index < -0.39 is 5.97 Å². The third kappa shape index (κ3) is 5.45. The normalized spacial score (nSPS) is 11.9. The third-order valence-electron chi connectivity index (χ3n) is 4.54. The van der Waals surface area contributed by atoms with Crippen molar-refractivity contribution in [2.75, 3.05) is 13.7 Å². The van der Waals surface area contributed by atoms with Gasteiger partial charge in [0, 0.05) is 6.08 Å². The van der Waals surface area contributed by atoms with Gasteiger partial charge in [0.15, 0.2) is 6.61 Å². The average molecular weight is 389 g/mol. The molecule has 5 nitrogen and oxygen atoms in total. The van der Waals surface area contributed by atoms with Crippen LogP contribution < -0.4 is 10.1 Å². The van der Waals surface area contributed by atoms with Crippen molar-refractivity contribution in [3.05, 3.63) is 83.9 Å². The molecule has 1 amide bonds. The van der Waals surface area contributed by atoms with Crippen LogP contribution in [0.15, 0.2) is 72.8 Å². The number of rotatable bonds is 7. The zero-order valence-electron chi connectivity index (χ0n) is 16.4. The number of ether oxygens (including phenoxy) is 2. The second-order valence-corrected chi connectivity index (χ2v) is 6.57. The summed E-state index contributed by atoms with van der Waals surface area (Å²) in [5, 5.41) is 5.07. The van der Waals surface area contributed by atoms with Gasteiger partial charge in [-0.2, -0.15) is 0 Å². The van der Waals surface area contributed by atoms with E-state index in [9.17, 15) is 9.59 Å². The Morgan fingerprint density at radius 2 is 1.72 bits per heavy atom. The highest BCUT2D eigenvalue weighted by atomic mass is 16.5. The second-order valence-electron chi connectivity index (χ2n) is 6.57. The molecule has 0 fully saturated rings. The van der Waals surface area contributed by atoms with Gasteiger partial charge in [0.25, 0.3) is 5.91 Å². The minimum Gasteiger partial charge on any atom is -0.497 e. The first kappa shape index (κ1) is 20.1. The predicted octanol–water partition coefficient (Wildman–Crippen LogP) is 4.28. The van der Waals surface area contributed by atoms with Crippen LogP contribution in [0.25, 0.3) is 16.8 Å². The highest BCUT2D eigenvalue weighted by molar-refractivity contribution is 5.90. The Morgan fingerprint density at radius 1 is 1.00 bits per heavy atom. The van der Waals surface area contributed by atoms with Crippen molar-refractivity contribution < 1.29 is 19.1 Å². The number of carbonyl (C=O) groups excluding carboxylic acids is 2. The molecule has 0 unspecified atom stereocenters. The molecule has 0 saturated carbocycles. The van der Waals surface area contributed by atoms with E-state index >= 15 is 0 Å². The summed E-state index contributed by atoms with van der Waals surface area (Å²) < 4.78 is 10.1. The summed E-state index contributed by atoms with van der Waals surface area (Å²) in [4.78, 5) is 24.0. The fourth-order valence-corrected chi connectivity index (χ4v) is 3.05. The highest BCUT2D eigenvalue weighted by Gasteiger charge is 2.13. The van der Waals surface area contributed by atoms with E-state index in [0.717, 1.165) is 27.6 Å². The summed E-state index contributed by atoms with van der Waals surface area (Å²) in [7, 11) is 1.59. The average Bonchev–Trinajstić information content (AvgIpc) is 2.76. The maximum atomic E-state index is 12.2. The minimum atomic E-state index is -0.575. The van der Waals surface area contributed by atoms with Crippen molar-refractivity contribution >= 4 is 28.7 Å². The van der Waals surface area contributed by atoms with Crippen LogP contribution in [0.3, 0.4) is 0 Å². The standard InChI is InChI=1S/C24H23NO4/c1-17(21-9-5-7-19-6-3-4-8-22(19)21)25-23(26)16-29-24(27)15-12-18-10-13-20(28-2)14-11-18/h3-15,17H,16H2,1-2H3,(H,25,26)/b15-12+/t17-/m1/s1. The third-order valence-corrected chi connectivity index (χ3v) is 4.54. The Balaban J connectivity index is 1.52. The van der Waals surface area contributed by atoms with Crippen LogP contribution in [-0.2, 0) is 14.3 Å². The smallest absolute Gasteiger partial charge is 0.331 e. The number of hydrogen-bond donors (Lipinski definition) is 1. The van der Waals surface area contributed by atoms with Crippen LogP contribution >= 0.6 is 0 Å². The first-order chi connectivity index (χ1) is 14.1. The quantitative estimate of drug-likeness (QED) is 0.484. The molecule has 0 aliphatic carbocycles. The lowest BCUT2D eigenvalue weighted by Gasteiger charge is -2.16. The first-order valence-electron chi connectivity index (χ1n) is 9.33. The molecule has 0 saturated heterocycles. The lowest BCUT2D eigenvalue weighted by molar-refractivity contribution is -0.144. The Kier molecular flexibility index (Phi) is 6.63. The van der Waals surface area contributed by atoms with Crippen LogP contribution in [0.4, 0.5) is 0 Å². The van der Waals surface area contributed by atoms with Gasteiger partial charge in [0.05, 0.1) is 13.2 Å². The van der Waals surface area contributed by atoms with Gasteiger partial charge in [-0.05, 0) is 47.0 Å². The molecule has 3 aromatic carbocycles. The van der Waals surface area contributed by atoms with Gasteiger partial charge in [-0.25, -0.2) is 4.79 Å². The number of amides is 1. The maximum Gasteiger partial charge on any atom is 0.331 e. The van der Waals surface area contributed by atoms with Gasteiger partial charge in [-0.15, -0.1) is 0 Å². The van der Waals surface area contributed by atoms with E-state index in [1.807, 2.05) is 61.5 Å². The maximum absolute atomic E-state index is 12.2. The molecule has 29 heavy (non-hydrogen) atoms. The second kappa shape index (κ2) is 9.55. The Morgan fingerprint density at radius 3 is 2.48 bits per heavy atom. The van der Waals surface area contributed by atoms with Crippen molar-refractivity contribution in [3.63, 3.8) is 0 Å². The number of carbonyl (C=O) groups is 2. The van der Waals surface area contributed by atoms with Crippen LogP contribution in [0, 0.1) is 0 Å². The molecule has 0 radical (unpaired) electrons. The predicted molar refractivity (Wildman–Crippen MR) is 113 cm³/mol. The lowest BCUT2D eigenvalue weighted by Crippen LogP contribution is -2.31. The number of benzene rings is 3. The van der Waals surface area contributed by atoms with Gasteiger partial charge in [0.1, 0.15) is 5.75 Å². The summed E-state index contributed by atoms with van der Waals surface area (Å²) in [5.41, 5.74) is 1.85. The fraction of sp³-hybridized carbons (Fsp3) is 0.167. The van der Waals surface area contributed by atoms with Crippen LogP contribution in [0.2, 0.25) is 0 Å². The first-order valence-corrected chi connectivity index (χ1v) is 9.33.